The van der Waals surface area contributed by atoms with Crippen LogP contribution in [-0.4, -0.2) is 50.7 Å². The lowest BCUT2D eigenvalue weighted by molar-refractivity contribution is -0.873. The summed E-state index contributed by atoms with van der Waals surface area (Å²) in [4.78, 5) is 2.49. The second-order valence-electron chi connectivity index (χ2n) is 5.92. The molecule has 0 amide bonds. The van der Waals surface area contributed by atoms with Crippen LogP contribution in [0.4, 0.5) is 0 Å². The van der Waals surface area contributed by atoms with Crippen LogP contribution in [0, 0.1) is 0 Å². The van der Waals surface area contributed by atoms with E-state index in [1.54, 1.807) is 5.56 Å². The van der Waals surface area contributed by atoms with Crippen molar-refractivity contribution in [3.63, 3.8) is 0 Å². The summed E-state index contributed by atoms with van der Waals surface area (Å²) >= 11 is 0. The summed E-state index contributed by atoms with van der Waals surface area (Å²) in [5, 5.41) is 0. The van der Waals surface area contributed by atoms with Gasteiger partial charge in [-0.3, -0.25) is 4.90 Å². The Balaban J connectivity index is 2.30. The van der Waals surface area contributed by atoms with Crippen LogP contribution in [0.3, 0.4) is 0 Å². The molecule has 0 N–H and O–H groups in total. The van der Waals surface area contributed by atoms with Crippen molar-refractivity contribution < 1.29 is 4.48 Å². The summed E-state index contributed by atoms with van der Waals surface area (Å²) in [5.74, 6) is 0. The number of benzene rings is 1. The molecule has 88 valence electrons. The van der Waals surface area contributed by atoms with Crippen molar-refractivity contribution in [1.82, 2.24) is 4.90 Å². The van der Waals surface area contributed by atoms with Crippen LogP contribution in [0.15, 0.2) is 24.3 Å². The highest BCUT2D eigenvalue weighted by Gasteiger charge is 2.28. The molecule has 0 aromatic heterocycles. The summed E-state index contributed by atoms with van der Waals surface area (Å²) in [7, 11) is 9.05. The first-order valence-electron chi connectivity index (χ1n) is 6.06. The first-order valence-corrected chi connectivity index (χ1v) is 6.06. The zero-order chi connectivity index (χ0) is 11.8. The van der Waals surface area contributed by atoms with Gasteiger partial charge in [-0.2, -0.15) is 0 Å². The zero-order valence-electron chi connectivity index (χ0n) is 10.9. The predicted octanol–water partition coefficient (Wildman–Crippen LogP) is 1.92. The van der Waals surface area contributed by atoms with E-state index >= 15 is 0 Å². The minimum atomic E-state index is 0.574. The van der Waals surface area contributed by atoms with Crippen LogP contribution < -0.4 is 0 Å². The largest absolute Gasteiger partial charge is 0.329 e. The van der Waals surface area contributed by atoms with Gasteiger partial charge in [0.15, 0.2) is 0 Å². The lowest BCUT2D eigenvalue weighted by Gasteiger charge is -2.38. The van der Waals surface area contributed by atoms with Gasteiger partial charge in [0.2, 0.25) is 0 Å². The van der Waals surface area contributed by atoms with Gasteiger partial charge in [-0.05, 0) is 24.6 Å². The predicted molar refractivity (Wildman–Crippen MR) is 68.4 cm³/mol. The van der Waals surface area contributed by atoms with E-state index in [-0.39, 0.29) is 0 Å². The fourth-order valence-corrected chi connectivity index (χ4v) is 2.53. The highest BCUT2D eigenvalue weighted by molar-refractivity contribution is 5.32. The zero-order valence-corrected chi connectivity index (χ0v) is 10.9. The van der Waals surface area contributed by atoms with E-state index < -0.39 is 0 Å². The molecule has 0 unspecified atom stereocenters. The van der Waals surface area contributed by atoms with Crippen molar-refractivity contribution in [2.45, 2.75) is 12.5 Å². The third-order valence-corrected chi connectivity index (χ3v) is 3.40. The van der Waals surface area contributed by atoms with E-state index in [0.717, 1.165) is 4.48 Å². The minimum Gasteiger partial charge on any atom is -0.329 e. The van der Waals surface area contributed by atoms with Crippen LogP contribution >= 0.6 is 0 Å². The topological polar surface area (TPSA) is 3.24 Å². The molecule has 0 radical (unpaired) electrons. The molecule has 1 aromatic rings. The van der Waals surface area contributed by atoms with Crippen LogP contribution in [0.25, 0.3) is 0 Å². The SMILES string of the molecule is CN1CCc2ccccc2[C@H]1C[N+](C)(C)C. The third kappa shape index (κ3) is 2.45. The van der Waals surface area contributed by atoms with E-state index in [9.17, 15) is 0 Å². The van der Waals surface area contributed by atoms with E-state index in [1.165, 1.54) is 25.1 Å². The maximum atomic E-state index is 2.49. The highest BCUT2D eigenvalue weighted by atomic mass is 15.3. The van der Waals surface area contributed by atoms with Gasteiger partial charge >= 0.3 is 0 Å². The number of hydrogen-bond donors (Lipinski definition) is 0. The van der Waals surface area contributed by atoms with Gasteiger partial charge in [0.1, 0.15) is 0 Å². The van der Waals surface area contributed by atoms with Crippen molar-refractivity contribution in [2.24, 2.45) is 0 Å². The molecule has 0 fully saturated rings. The van der Waals surface area contributed by atoms with E-state index in [0.29, 0.717) is 6.04 Å². The second-order valence-corrected chi connectivity index (χ2v) is 5.92. The van der Waals surface area contributed by atoms with Gasteiger partial charge in [-0.25, -0.2) is 0 Å². The molecule has 0 spiro atoms. The van der Waals surface area contributed by atoms with Crippen molar-refractivity contribution in [3.8, 4) is 0 Å². The maximum Gasteiger partial charge on any atom is 0.0981 e. The first kappa shape index (κ1) is 11.6. The number of hydrogen-bond acceptors (Lipinski definition) is 1. The van der Waals surface area contributed by atoms with Crippen molar-refractivity contribution in [3.05, 3.63) is 35.4 Å². The Morgan fingerprint density at radius 2 is 1.94 bits per heavy atom. The molecule has 2 rings (SSSR count). The van der Waals surface area contributed by atoms with Gasteiger partial charge in [0.05, 0.1) is 33.7 Å². The Morgan fingerprint density at radius 3 is 2.62 bits per heavy atom. The van der Waals surface area contributed by atoms with Gasteiger partial charge in [-0.1, -0.05) is 24.3 Å². The summed E-state index contributed by atoms with van der Waals surface area (Å²) in [6.07, 6.45) is 1.19. The van der Waals surface area contributed by atoms with Gasteiger partial charge in [0, 0.05) is 6.54 Å². The van der Waals surface area contributed by atoms with Crippen LogP contribution in [0.1, 0.15) is 17.2 Å². The standard InChI is InChI=1S/C14H23N2/c1-15-10-9-12-7-5-6-8-13(12)14(15)11-16(2,3)4/h5-8,14H,9-11H2,1-4H3/q+1/t14-/m1/s1. The number of quaternary nitrogens is 1. The Labute approximate surface area is 99.1 Å². The highest BCUT2D eigenvalue weighted by Crippen LogP contribution is 2.29. The lowest BCUT2D eigenvalue weighted by Crippen LogP contribution is -2.45. The molecule has 0 saturated heterocycles. The number of nitrogens with zero attached hydrogens (tertiary/aromatic N) is 2. The van der Waals surface area contributed by atoms with Crippen molar-refractivity contribution in [2.75, 3.05) is 41.3 Å². The van der Waals surface area contributed by atoms with Crippen LogP contribution in [-0.2, 0) is 6.42 Å². The fraction of sp³-hybridized carbons (Fsp3) is 0.571. The normalized spacial score (nSPS) is 21.9. The molecular formula is C14H23N2+. The summed E-state index contributed by atoms with van der Waals surface area (Å²) < 4.78 is 1.02. The maximum absolute atomic E-state index is 2.49. The lowest BCUT2D eigenvalue weighted by atomic mass is 9.92. The molecule has 0 bridgehead atoms. The quantitative estimate of drug-likeness (QED) is 0.687. The van der Waals surface area contributed by atoms with Gasteiger partial charge < -0.3 is 4.48 Å². The molecule has 16 heavy (non-hydrogen) atoms. The van der Waals surface area contributed by atoms with E-state index in [1.807, 2.05) is 0 Å². The minimum absolute atomic E-state index is 0.574. The van der Waals surface area contributed by atoms with E-state index in [2.05, 4.69) is 57.4 Å². The summed E-state index contributed by atoms with van der Waals surface area (Å²) in [6, 6.07) is 9.48. The average Bonchev–Trinajstić information content (AvgIpc) is 2.21. The number of fused-ring (bicyclic) bond motifs is 1. The van der Waals surface area contributed by atoms with Crippen LogP contribution in [0.5, 0.6) is 0 Å². The molecule has 0 aliphatic carbocycles. The van der Waals surface area contributed by atoms with Crippen LogP contribution in [0.2, 0.25) is 0 Å². The third-order valence-electron chi connectivity index (χ3n) is 3.40. The average molecular weight is 219 g/mol. The molecule has 1 aliphatic rings. The Kier molecular flexibility index (Phi) is 3.04. The van der Waals surface area contributed by atoms with Crippen molar-refractivity contribution in [1.29, 1.82) is 0 Å². The smallest absolute Gasteiger partial charge is 0.0981 e. The molecule has 1 aliphatic heterocycles. The Bertz CT molecular complexity index is 365. The monoisotopic (exact) mass is 219 g/mol. The molecule has 0 saturated carbocycles. The fourth-order valence-electron chi connectivity index (χ4n) is 2.53. The Hall–Kier alpha value is -0.860. The van der Waals surface area contributed by atoms with Gasteiger partial charge in [-0.15, -0.1) is 0 Å². The second kappa shape index (κ2) is 4.19. The van der Waals surface area contributed by atoms with E-state index in [4.69, 9.17) is 0 Å². The molecule has 1 atom stereocenters. The molecular weight excluding hydrogens is 196 g/mol. The summed E-state index contributed by atoms with van der Waals surface area (Å²) in [5.41, 5.74) is 3.07. The first-order chi connectivity index (χ1) is 7.47. The molecule has 2 nitrogen and oxygen atoms in total. The molecule has 2 heteroatoms. The molecule has 1 aromatic carbocycles. The Morgan fingerprint density at radius 1 is 1.25 bits per heavy atom. The number of rotatable bonds is 2. The number of likely N-dealkylation sites (N-methyl/N-ethyl adjacent to an activating group) is 2. The summed E-state index contributed by atoms with van der Waals surface area (Å²) in [6.45, 7) is 2.36. The van der Waals surface area contributed by atoms with Crippen molar-refractivity contribution >= 4 is 0 Å². The molecule has 1 heterocycles. The van der Waals surface area contributed by atoms with Gasteiger partial charge in [0.25, 0.3) is 0 Å².